The van der Waals surface area contributed by atoms with Crippen molar-refractivity contribution in [3.8, 4) is 6.07 Å². The summed E-state index contributed by atoms with van der Waals surface area (Å²) in [5.74, 6) is -0.699. The van der Waals surface area contributed by atoms with E-state index < -0.39 is 10.8 Å². The van der Waals surface area contributed by atoms with E-state index in [0.717, 1.165) is 16.5 Å². The molecule has 0 radical (unpaired) electrons. The van der Waals surface area contributed by atoms with Crippen molar-refractivity contribution in [2.75, 3.05) is 5.32 Å². The van der Waals surface area contributed by atoms with E-state index in [4.69, 9.17) is 0 Å². The number of nitro groups is 1. The Morgan fingerprint density at radius 1 is 1.23 bits per heavy atom. The second-order valence-electron chi connectivity index (χ2n) is 5.61. The number of nitrogens with zero attached hydrogens (tertiary/aromatic N) is 3. The minimum Gasteiger partial charge on any atom is -0.350 e. The molecule has 7 nitrogen and oxygen atoms in total. The number of para-hydroxylation sites is 3. The zero-order valence-electron chi connectivity index (χ0n) is 13.8. The van der Waals surface area contributed by atoms with Crippen molar-refractivity contribution in [2.45, 2.75) is 0 Å². The number of hydrogen-bond acceptors (Lipinski definition) is 4. The predicted molar refractivity (Wildman–Crippen MR) is 98.2 cm³/mol. The Hall–Kier alpha value is -3.92. The molecular formula is C19H14N4O3. The molecule has 0 unspecified atom stereocenters. The van der Waals surface area contributed by atoms with Crippen LogP contribution in [-0.4, -0.2) is 15.4 Å². The van der Waals surface area contributed by atoms with Crippen molar-refractivity contribution >= 4 is 34.3 Å². The number of rotatable bonds is 4. The molecule has 1 aromatic heterocycles. The van der Waals surface area contributed by atoms with Crippen molar-refractivity contribution in [1.82, 2.24) is 4.57 Å². The molecule has 3 aromatic rings. The Labute approximate surface area is 148 Å². The zero-order valence-corrected chi connectivity index (χ0v) is 13.8. The SMILES string of the molecule is Cn1cc(/C=C(\C#N)C(=O)Nc2ccccc2[N+](=O)[O-])c2ccccc21. The quantitative estimate of drug-likeness (QED) is 0.337. The lowest BCUT2D eigenvalue weighted by Crippen LogP contribution is -2.14. The maximum absolute atomic E-state index is 12.4. The number of carbonyl (C=O) groups is 1. The second-order valence-corrected chi connectivity index (χ2v) is 5.61. The van der Waals surface area contributed by atoms with Gasteiger partial charge in [-0.2, -0.15) is 5.26 Å². The molecule has 0 saturated carbocycles. The number of fused-ring (bicyclic) bond motifs is 1. The maximum atomic E-state index is 12.4. The van der Waals surface area contributed by atoms with Crippen LogP contribution in [0, 0.1) is 21.4 Å². The molecule has 0 atom stereocenters. The first-order chi connectivity index (χ1) is 12.5. The summed E-state index contributed by atoms with van der Waals surface area (Å²) in [6.07, 6.45) is 3.30. The molecule has 0 aliphatic carbocycles. The van der Waals surface area contributed by atoms with Crippen LogP contribution >= 0.6 is 0 Å². The van der Waals surface area contributed by atoms with Gasteiger partial charge in [0.1, 0.15) is 17.3 Å². The van der Waals surface area contributed by atoms with E-state index in [9.17, 15) is 20.2 Å². The number of hydrogen-bond donors (Lipinski definition) is 1. The molecule has 0 aliphatic heterocycles. The van der Waals surface area contributed by atoms with Gasteiger partial charge in [0.15, 0.2) is 0 Å². The Kier molecular flexibility index (Phi) is 4.50. The first kappa shape index (κ1) is 16.9. The summed E-state index contributed by atoms with van der Waals surface area (Å²) >= 11 is 0. The lowest BCUT2D eigenvalue weighted by atomic mass is 10.1. The first-order valence-corrected chi connectivity index (χ1v) is 7.72. The van der Waals surface area contributed by atoms with Crippen LogP contribution in [0.15, 0.2) is 60.3 Å². The molecule has 7 heteroatoms. The Balaban J connectivity index is 1.96. The third-order valence-electron chi connectivity index (χ3n) is 3.94. The van der Waals surface area contributed by atoms with Gasteiger partial charge >= 0.3 is 0 Å². The second kappa shape index (κ2) is 6.91. The van der Waals surface area contributed by atoms with Gasteiger partial charge in [-0.05, 0) is 18.2 Å². The molecule has 26 heavy (non-hydrogen) atoms. The fourth-order valence-corrected chi connectivity index (χ4v) is 2.72. The smallest absolute Gasteiger partial charge is 0.292 e. The Bertz CT molecular complexity index is 1090. The highest BCUT2D eigenvalue weighted by Gasteiger charge is 2.17. The average Bonchev–Trinajstić information content (AvgIpc) is 2.96. The first-order valence-electron chi connectivity index (χ1n) is 7.72. The van der Waals surface area contributed by atoms with Crippen molar-refractivity contribution in [1.29, 1.82) is 5.26 Å². The fraction of sp³-hybridized carbons (Fsp3) is 0.0526. The van der Waals surface area contributed by atoms with Crippen LogP contribution in [0.1, 0.15) is 5.56 Å². The van der Waals surface area contributed by atoms with E-state index in [1.165, 1.54) is 24.3 Å². The Morgan fingerprint density at radius 2 is 1.92 bits per heavy atom. The monoisotopic (exact) mass is 346 g/mol. The number of aromatic nitrogens is 1. The van der Waals surface area contributed by atoms with E-state index in [0.29, 0.717) is 0 Å². The number of anilines is 1. The van der Waals surface area contributed by atoms with E-state index in [-0.39, 0.29) is 16.9 Å². The molecule has 0 aliphatic rings. The van der Waals surface area contributed by atoms with E-state index in [1.54, 1.807) is 6.07 Å². The highest BCUT2D eigenvalue weighted by atomic mass is 16.6. The number of nitrogens with one attached hydrogen (secondary N) is 1. The van der Waals surface area contributed by atoms with Gasteiger partial charge in [-0.3, -0.25) is 14.9 Å². The summed E-state index contributed by atoms with van der Waals surface area (Å²) < 4.78 is 1.90. The van der Waals surface area contributed by atoms with Crippen LogP contribution in [0.4, 0.5) is 11.4 Å². The summed E-state index contributed by atoms with van der Waals surface area (Å²) in [5, 5.41) is 23.8. The highest BCUT2D eigenvalue weighted by molar-refractivity contribution is 6.11. The van der Waals surface area contributed by atoms with Gasteiger partial charge in [-0.15, -0.1) is 0 Å². The van der Waals surface area contributed by atoms with E-state index in [2.05, 4.69) is 5.32 Å². The third-order valence-corrected chi connectivity index (χ3v) is 3.94. The highest BCUT2D eigenvalue weighted by Crippen LogP contribution is 2.25. The van der Waals surface area contributed by atoms with Crippen LogP contribution in [-0.2, 0) is 11.8 Å². The molecule has 0 fully saturated rings. The topological polar surface area (TPSA) is 101 Å². The number of benzene rings is 2. The van der Waals surface area contributed by atoms with Gasteiger partial charge in [0, 0.05) is 35.8 Å². The summed E-state index contributed by atoms with van der Waals surface area (Å²) in [6, 6.07) is 15.3. The molecule has 0 saturated heterocycles. The van der Waals surface area contributed by atoms with Gasteiger partial charge in [0.2, 0.25) is 0 Å². The molecule has 1 amide bonds. The Morgan fingerprint density at radius 3 is 2.65 bits per heavy atom. The van der Waals surface area contributed by atoms with Gasteiger partial charge < -0.3 is 9.88 Å². The molecule has 0 spiro atoms. The third kappa shape index (κ3) is 3.16. The lowest BCUT2D eigenvalue weighted by Gasteiger charge is -2.04. The molecule has 3 rings (SSSR count). The molecule has 1 heterocycles. The standard InChI is InChI=1S/C19H14N4O3/c1-22-12-14(15-6-2-4-8-17(15)22)10-13(11-20)19(24)21-16-7-3-5-9-18(16)23(25)26/h2-10,12H,1H3,(H,21,24)/b13-10+. The van der Waals surface area contributed by atoms with E-state index in [1.807, 2.05) is 48.1 Å². The van der Waals surface area contributed by atoms with Crippen molar-refractivity contribution in [3.05, 3.63) is 76.0 Å². The predicted octanol–water partition coefficient (Wildman–Crippen LogP) is 3.63. The number of nitro benzene ring substituents is 1. The van der Waals surface area contributed by atoms with Crippen LogP contribution in [0.2, 0.25) is 0 Å². The molecular weight excluding hydrogens is 332 g/mol. The number of aryl methyl sites for hydroxylation is 1. The summed E-state index contributed by atoms with van der Waals surface area (Å²) in [6.45, 7) is 0. The average molecular weight is 346 g/mol. The van der Waals surface area contributed by atoms with Crippen molar-refractivity contribution in [2.24, 2.45) is 7.05 Å². The minimum absolute atomic E-state index is 0.0431. The summed E-state index contributed by atoms with van der Waals surface area (Å²) in [4.78, 5) is 22.9. The summed E-state index contributed by atoms with van der Waals surface area (Å²) in [5.41, 5.74) is 1.36. The van der Waals surface area contributed by atoms with Crippen molar-refractivity contribution in [3.63, 3.8) is 0 Å². The van der Waals surface area contributed by atoms with Gasteiger partial charge in [0.05, 0.1) is 4.92 Å². The van der Waals surface area contributed by atoms with Gasteiger partial charge in [-0.25, -0.2) is 0 Å². The van der Waals surface area contributed by atoms with Crippen LogP contribution < -0.4 is 5.32 Å². The van der Waals surface area contributed by atoms with Crippen LogP contribution in [0.3, 0.4) is 0 Å². The lowest BCUT2D eigenvalue weighted by molar-refractivity contribution is -0.383. The normalized spacial score (nSPS) is 11.2. The fourth-order valence-electron chi connectivity index (χ4n) is 2.72. The van der Waals surface area contributed by atoms with Gasteiger partial charge in [0.25, 0.3) is 11.6 Å². The molecule has 2 aromatic carbocycles. The van der Waals surface area contributed by atoms with Crippen LogP contribution in [0.25, 0.3) is 17.0 Å². The van der Waals surface area contributed by atoms with Gasteiger partial charge in [-0.1, -0.05) is 30.3 Å². The maximum Gasteiger partial charge on any atom is 0.292 e. The molecule has 1 N–H and O–H groups in total. The molecule has 128 valence electrons. The largest absolute Gasteiger partial charge is 0.350 e. The minimum atomic E-state index is -0.699. The zero-order chi connectivity index (χ0) is 18.7. The van der Waals surface area contributed by atoms with E-state index >= 15 is 0 Å². The van der Waals surface area contributed by atoms with Crippen LogP contribution in [0.5, 0.6) is 0 Å². The summed E-state index contributed by atoms with van der Waals surface area (Å²) in [7, 11) is 1.87. The van der Waals surface area contributed by atoms with Crippen molar-refractivity contribution < 1.29 is 9.72 Å². The number of amides is 1. The number of carbonyl (C=O) groups excluding carboxylic acids is 1. The molecule has 0 bridgehead atoms. The number of nitriles is 1.